The largest absolute Gasteiger partial charge is 0.497 e. The van der Waals surface area contributed by atoms with Gasteiger partial charge in [0.15, 0.2) is 5.65 Å². The van der Waals surface area contributed by atoms with Gasteiger partial charge in [0.05, 0.1) is 24.7 Å². The van der Waals surface area contributed by atoms with Crippen LogP contribution in [0.15, 0.2) is 95.6 Å². The van der Waals surface area contributed by atoms with E-state index in [-0.39, 0.29) is 5.91 Å². The number of aromatic nitrogens is 3. The number of ether oxygens (including phenoxy) is 1. The molecule has 174 valence electrons. The van der Waals surface area contributed by atoms with E-state index in [9.17, 15) is 4.79 Å². The molecule has 2 aromatic heterocycles. The Balaban J connectivity index is 1.70. The number of halogens is 1. The zero-order valence-electron chi connectivity index (χ0n) is 19.4. The number of carbonyl (C=O) groups is 1. The van der Waals surface area contributed by atoms with Gasteiger partial charge >= 0.3 is 0 Å². The monoisotopic (exact) mass is 526 g/mol. The van der Waals surface area contributed by atoms with E-state index in [1.807, 2.05) is 96.4 Å². The summed E-state index contributed by atoms with van der Waals surface area (Å²) >= 11 is 3.59. The van der Waals surface area contributed by atoms with E-state index in [0.717, 1.165) is 32.6 Å². The molecule has 0 N–H and O–H groups in total. The van der Waals surface area contributed by atoms with E-state index in [1.54, 1.807) is 18.2 Å². The fourth-order valence-corrected chi connectivity index (χ4v) is 4.66. The molecule has 1 amide bonds. The summed E-state index contributed by atoms with van der Waals surface area (Å²) in [5.74, 6) is 1.09. The number of aryl methyl sites for hydroxylation is 1. The van der Waals surface area contributed by atoms with E-state index in [0.29, 0.717) is 23.7 Å². The molecule has 5 aromatic rings. The number of rotatable bonds is 6. The maximum atomic E-state index is 14.1. The molecule has 0 saturated heterocycles. The van der Waals surface area contributed by atoms with Crippen molar-refractivity contribution in [3.8, 4) is 11.4 Å². The number of fused-ring (bicyclic) bond motifs is 1. The first-order valence-corrected chi connectivity index (χ1v) is 11.9. The Morgan fingerprint density at radius 3 is 2.49 bits per heavy atom. The first-order valence-electron chi connectivity index (χ1n) is 11.1. The Bertz CT molecular complexity index is 1500. The van der Waals surface area contributed by atoms with Gasteiger partial charge in [-0.2, -0.15) is 4.98 Å². The lowest BCUT2D eigenvalue weighted by Gasteiger charge is -2.24. The minimum Gasteiger partial charge on any atom is -0.497 e. The number of imidazole rings is 1. The van der Waals surface area contributed by atoms with Crippen LogP contribution in [0.3, 0.4) is 0 Å². The molecule has 0 spiro atoms. The Morgan fingerprint density at radius 1 is 1.00 bits per heavy atom. The zero-order chi connectivity index (χ0) is 24.4. The van der Waals surface area contributed by atoms with Crippen molar-refractivity contribution in [3.05, 3.63) is 112 Å². The number of carbonyl (C=O) groups excluding carboxylic acids is 1. The topological polar surface area (TPSA) is 60.2 Å². The van der Waals surface area contributed by atoms with Crippen molar-refractivity contribution in [3.63, 3.8) is 0 Å². The number of nitrogens with zero attached hydrogens (tertiary/aromatic N) is 4. The molecule has 2 heterocycles. The number of methoxy groups -OCH3 is 1. The Kier molecular flexibility index (Phi) is 6.33. The van der Waals surface area contributed by atoms with Crippen LogP contribution in [0, 0.1) is 6.92 Å². The van der Waals surface area contributed by atoms with Crippen molar-refractivity contribution in [1.29, 1.82) is 0 Å². The molecule has 0 radical (unpaired) electrons. The normalized spacial score (nSPS) is 10.9. The molecule has 0 atom stereocenters. The molecule has 3 aromatic carbocycles. The average Bonchev–Trinajstić information content (AvgIpc) is 3.27. The number of hydrogen-bond donors (Lipinski definition) is 0. The third kappa shape index (κ3) is 4.55. The average molecular weight is 527 g/mol. The van der Waals surface area contributed by atoms with Crippen LogP contribution in [-0.4, -0.2) is 27.6 Å². The molecular formula is C28H23BrN4O2. The molecule has 0 aliphatic rings. The van der Waals surface area contributed by atoms with Crippen molar-refractivity contribution in [2.75, 3.05) is 12.0 Å². The van der Waals surface area contributed by atoms with Crippen molar-refractivity contribution < 1.29 is 9.53 Å². The lowest BCUT2D eigenvalue weighted by Crippen LogP contribution is -2.33. The molecular weight excluding hydrogens is 504 g/mol. The molecule has 0 bridgehead atoms. The molecule has 0 fully saturated rings. The van der Waals surface area contributed by atoms with Crippen molar-refractivity contribution >= 4 is 38.9 Å². The van der Waals surface area contributed by atoms with Gasteiger partial charge in [0.25, 0.3) is 5.91 Å². The van der Waals surface area contributed by atoms with Gasteiger partial charge < -0.3 is 4.74 Å². The molecule has 35 heavy (non-hydrogen) atoms. The SMILES string of the molecule is COc1ccc(CN(C(=O)c2ccc(C)cc2Br)c2nc3ncccc3n2-c2ccccc2)cc1. The second-order valence-electron chi connectivity index (χ2n) is 8.15. The van der Waals surface area contributed by atoms with Crippen molar-refractivity contribution in [2.45, 2.75) is 13.5 Å². The van der Waals surface area contributed by atoms with Crippen LogP contribution < -0.4 is 9.64 Å². The van der Waals surface area contributed by atoms with E-state index >= 15 is 0 Å². The van der Waals surface area contributed by atoms with Crippen LogP contribution in [0.5, 0.6) is 5.75 Å². The smallest absolute Gasteiger partial charge is 0.262 e. The second-order valence-corrected chi connectivity index (χ2v) is 9.01. The summed E-state index contributed by atoms with van der Waals surface area (Å²) in [5.41, 5.74) is 4.86. The van der Waals surface area contributed by atoms with Crippen LogP contribution in [0.25, 0.3) is 16.9 Å². The second kappa shape index (κ2) is 9.72. The molecule has 0 saturated carbocycles. The number of benzene rings is 3. The summed E-state index contributed by atoms with van der Waals surface area (Å²) in [5, 5.41) is 0. The van der Waals surface area contributed by atoms with Crippen LogP contribution in [0.4, 0.5) is 5.95 Å². The van der Waals surface area contributed by atoms with E-state index < -0.39 is 0 Å². The van der Waals surface area contributed by atoms with Gasteiger partial charge in [-0.25, -0.2) is 4.98 Å². The van der Waals surface area contributed by atoms with Gasteiger partial charge in [-0.15, -0.1) is 0 Å². The first kappa shape index (κ1) is 22.8. The molecule has 0 aliphatic carbocycles. The van der Waals surface area contributed by atoms with Gasteiger partial charge in [0.1, 0.15) is 5.75 Å². The number of amides is 1. The summed E-state index contributed by atoms with van der Waals surface area (Å²) in [6, 6.07) is 27.1. The van der Waals surface area contributed by atoms with E-state index in [2.05, 4.69) is 20.9 Å². The minimum atomic E-state index is -0.166. The van der Waals surface area contributed by atoms with Gasteiger partial charge in [-0.1, -0.05) is 36.4 Å². The third-order valence-electron chi connectivity index (χ3n) is 5.77. The lowest BCUT2D eigenvalue weighted by atomic mass is 10.1. The highest BCUT2D eigenvalue weighted by Crippen LogP contribution is 2.30. The molecule has 5 rings (SSSR count). The lowest BCUT2D eigenvalue weighted by molar-refractivity contribution is 0.0982. The zero-order valence-corrected chi connectivity index (χ0v) is 20.9. The van der Waals surface area contributed by atoms with Crippen LogP contribution >= 0.6 is 15.9 Å². The number of para-hydroxylation sites is 1. The highest BCUT2D eigenvalue weighted by atomic mass is 79.9. The fraction of sp³-hybridized carbons (Fsp3) is 0.107. The highest BCUT2D eigenvalue weighted by molar-refractivity contribution is 9.10. The standard InChI is InChI=1S/C28H23BrN4O2/c1-19-10-15-23(24(29)17-19)27(34)32(18-20-11-13-22(35-2)14-12-20)28-31-26-25(9-6-16-30-26)33(28)21-7-4-3-5-8-21/h3-17H,18H2,1-2H3. The molecule has 6 nitrogen and oxygen atoms in total. The Morgan fingerprint density at radius 2 is 1.77 bits per heavy atom. The van der Waals surface area contributed by atoms with Crippen LogP contribution in [-0.2, 0) is 6.54 Å². The van der Waals surface area contributed by atoms with Gasteiger partial charge in [-0.3, -0.25) is 14.3 Å². The summed E-state index contributed by atoms with van der Waals surface area (Å²) in [4.78, 5) is 25.1. The van der Waals surface area contributed by atoms with Crippen molar-refractivity contribution in [2.24, 2.45) is 0 Å². The summed E-state index contributed by atoms with van der Waals surface area (Å²) in [7, 11) is 1.63. The fourth-order valence-electron chi connectivity index (χ4n) is 4.00. The van der Waals surface area contributed by atoms with Crippen LogP contribution in [0.2, 0.25) is 0 Å². The summed E-state index contributed by atoms with van der Waals surface area (Å²) < 4.78 is 8.02. The molecule has 0 unspecified atom stereocenters. The molecule has 7 heteroatoms. The Hall–Kier alpha value is -3.97. The summed E-state index contributed by atoms with van der Waals surface area (Å²) in [6.07, 6.45) is 1.71. The predicted octanol–water partition coefficient (Wildman–Crippen LogP) is 6.35. The van der Waals surface area contributed by atoms with Gasteiger partial charge in [-0.05, 0) is 82.5 Å². The van der Waals surface area contributed by atoms with Gasteiger partial charge in [0.2, 0.25) is 5.95 Å². The van der Waals surface area contributed by atoms with E-state index in [1.165, 1.54) is 0 Å². The Labute approximate surface area is 212 Å². The van der Waals surface area contributed by atoms with E-state index in [4.69, 9.17) is 9.72 Å². The third-order valence-corrected chi connectivity index (χ3v) is 6.42. The first-order chi connectivity index (χ1) is 17.0. The highest BCUT2D eigenvalue weighted by Gasteiger charge is 2.27. The van der Waals surface area contributed by atoms with Crippen LogP contribution in [0.1, 0.15) is 21.5 Å². The quantitative estimate of drug-likeness (QED) is 0.258. The van der Waals surface area contributed by atoms with Gasteiger partial charge in [0, 0.05) is 16.4 Å². The van der Waals surface area contributed by atoms with Crippen molar-refractivity contribution in [1.82, 2.24) is 14.5 Å². The molecule has 0 aliphatic heterocycles. The predicted molar refractivity (Wildman–Crippen MR) is 141 cm³/mol. The number of hydrogen-bond acceptors (Lipinski definition) is 4. The maximum absolute atomic E-state index is 14.1. The maximum Gasteiger partial charge on any atom is 0.262 e. The summed E-state index contributed by atoms with van der Waals surface area (Å²) in [6.45, 7) is 2.31. The minimum absolute atomic E-state index is 0.166. The number of pyridine rings is 1. The number of anilines is 1.